The molecule has 4 aromatic rings. The predicted molar refractivity (Wildman–Crippen MR) is 135 cm³/mol. The van der Waals surface area contributed by atoms with Crippen LogP contribution in [0.3, 0.4) is 0 Å². The molecular weight excluding hydrogens is 444 g/mol. The first-order valence-electron chi connectivity index (χ1n) is 11.2. The number of fused-ring (bicyclic) bond motifs is 1. The third-order valence-corrected chi connectivity index (χ3v) is 5.50. The number of ether oxygens (including phenoxy) is 2. The van der Waals surface area contributed by atoms with Crippen molar-refractivity contribution in [2.75, 3.05) is 19.0 Å². The zero-order valence-electron chi connectivity index (χ0n) is 20.0. The van der Waals surface area contributed by atoms with Gasteiger partial charge in [0.1, 0.15) is 11.3 Å². The molecule has 0 atom stereocenters. The molecular formula is C27H26N4O4. The monoisotopic (exact) mass is 470 g/mol. The number of anilines is 1. The zero-order chi connectivity index (χ0) is 24.9. The van der Waals surface area contributed by atoms with E-state index in [0.29, 0.717) is 5.82 Å². The maximum Gasteiger partial charge on any atom is 0.343 e. The number of carbonyl (C=O) groups excluding carboxylic acids is 2. The second-order valence-electron chi connectivity index (χ2n) is 7.90. The smallest absolute Gasteiger partial charge is 0.343 e. The summed E-state index contributed by atoms with van der Waals surface area (Å²) in [5, 5.41) is 8.17. The molecule has 0 aliphatic heterocycles. The third kappa shape index (κ3) is 5.06. The van der Waals surface area contributed by atoms with Crippen molar-refractivity contribution in [1.82, 2.24) is 14.8 Å². The minimum Gasteiger partial charge on any atom is -0.497 e. The largest absolute Gasteiger partial charge is 0.497 e. The molecule has 0 bridgehead atoms. The van der Waals surface area contributed by atoms with E-state index in [1.54, 1.807) is 32.2 Å². The van der Waals surface area contributed by atoms with Crippen LogP contribution in [-0.2, 0) is 9.53 Å². The number of rotatable bonds is 7. The average Bonchev–Trinajstić information content (AvgIpc) is 3.27. The molecule has 4 rings (SSSR count). The van der Waals surface area contributed by atoms with E-state index in [2.05, 4.69) is 10.4 Å². The summed E-state index contributed by atoms with van der Waals surface area (Å²) in [5.74, 6) is 0.383. The lowest BCUT2D eigenvalue weighted by atomic mass is 10.1. The second-order valence-corrected chi connectivity index (χ2v) is 7.90. The Balaban J connectivity index is 1.71. The lowest BCUT2D eigenvalue weighted by molar-refractivity contribution is -0.111. The number of nitrogens with zero attached hydrogens (tertiary/aromatic N) is 3. The van der Waals surface area contributed by atoms with Gasteiger partial charge in [-0.1, -0.05) is 30.3 Å². The SMILES string of the molecule is CCOC(=O)c1cnn(-c2cc(C)c3cccc(C)c3n2)c1NC(=O)/C=C/c1ccc(OC)cc1. The Labute approximate surface area is 203 Å². The summed E-state index contributed by atoms with van der Waals surface area (Å²) in [6.45, 7) is 5.88. The summed E-state index contributed by atoms with van der Waals surface area (Å²) in [5.41, 5.74) is 3.80. The van der Waals surface area contributed by atoms with Gasteiger partial charge in [-0.05, 0) is 61.7 Å². The second kappa shape index (κ2) is 10.2. The average molecular weight is 471 g/mol. The van der Waals surface area contributed by atoms with Gasteiger partial charge >= 0.3 is 5.97 Å². The summed E-state index contributed by atoms with van der Waals surface area (Å²) in [7, 11) is 1.59. The van der Waals surface area contributed by atoms with E-state index < -0.39 is 11.9 Å². The van der Waals surface area contributed by atoms with Crippen LogP contribution in [0.15, 0.2) is 60.8 Å². The Kier molecular flexibility index (Phi) is 6.91. The van der Waals surface area contributed by atoms with Crippen LogP contribution in [0, 0.1) is 13.8 Å². The number of aromatic nitrogens is 3. The molecule has 8 heteroatoms. The summed E-state index contributed by atoms with van der Waals surface area (Å²) in [4.78, 5) is 30.2. The van der Waals surface area contributed by atoms with E-state index in [9.17, 15) is 9.59 Å². The van der Waals surface area contributed by atoms with Crippen molar-refractivity contribution in [2.24, 2.45) is 0 Å². The number of hydrogen-bond donors (Lipinski definition) is 1. The number of hydrogen-bond acceptors (Lipinski definition) is 6. The number of carbonyl (C=O) groups is 2. The van der Waals surface area contributed by atoms with Crippen LogP contribution in [0.4, 0.5) is 5.82 Å². The molecule has 1 amide bonds. The van der Waals surface area contributed by atoms with Gasteiger partial charge in [-0.15, -0.1) is 0 Å². The molecule has 0 aliphatic rings. The van der Waals surface area contributed by atoms with Crippen molar-refractivity contribution in [1.29, 1.82) is 0 Å². The lowest BCUT2D eigenvalue weighted by Gasteiger charge is -2.12. The fourth-order valence-electron chi connectivity index (χ4n) is 3.70. The maximum absolute atomic E-state index is 12.8. The van der Waals surface area contributed by atoms with Crippen LogP contribution in [0.2, 0.25) is 0 Å². The van der Waals surface area contributed by atoms with Crippen molar-refractivity contribution in [3.63, 3.8) is 0 Å². The fraction of sp³-hybridized carbons (Fsp3) is 0.185. The van der Waals surface area contributed by atoms with E-state index >= 15 is 0 Å². The number of esters is 1. The number of para-hydroxylation sites is 1. The van der Waals surface area contributed by atoms with Gasteiger partial charge in [-0.25, -0.2) is 9.78 Å². The molecule has 0 spiro atoms. The van der Waals surface area contributed by atoms with Gasteiger partial charge < -0.3 is 14.8 Å². The molecule has 0 saturated carbocycles. The van der Waals surface area contributed by atoms with Gasteiger partial charge in [0.05, 0.1) is 25.4 Å². The number of aryl methyl sites for hydroxylation is 2. The number of benzene rings is 2. The van der Waals surface area contributed by atoms with Gasteiger partial charge in [0.2, 0.25) is 5.91 Å². The van der Waals surface area contributed by atoms with E-state index in [1.807, 2.05) is 50.2 Å². The molecule has 0 fully saturated rings. The van der Waals surface area contributed by atoms with Crippen LogP contribution in [0.1, 0.15) is 34.0 Å². The Morgan fingerprint density at radius 2 is 1.86 bits per heavy atom. The summed E-state index contributed by atoms with van der Waals surface area (Å²) in [6.07, 6.45) is 4.43. The van der Waals surface area contributed by atoms with Gasteiger partial charge in [0.25, 0.3) is 0 Å². The zero-order valence-corrected chi connectivity index (χ0v) is 20.0. The van der Waals surface area contributed by atoms with Crippen LogP contribution >= 0.6 is 0 Å². The highest BCUT2D eigenvalue weighted by molar-refractivity contribution is 6.05. The standard InChI is InChI=1S/C27H26N4O4/c1-5-35-27(33)22-16-28-31(23-15-18(3)21-8-6-7-17(2)25(21)29-23)26(22)30-24(32)14-11-19-9-12-20(34-4)13-10-19/h6-16H,5H2,1-4H3,(H,30,32)/b14-11+. The number of pyridine rings is 1. The molecule has 0 unspecified atom stereocenters. The Morgan fingerprint density at radius 1 is 1.09 bits per heavy atom. The number of nitrogens with one attached hydrogen (secondary N) is 1. The summed E-state index contributed by atoms with van der Waals surface area (Å²) < 4.78 is 11.8. The van der Waals surface area contributed by atoms with Gasteiger partial charge in [-0.3, -0.25) is 4.79 Å². The van der Waals surface area contributed by atoms with Crippen LogP contribution in [0.25, 0.3) is 22.8 Å². The predicted octanol–water partition coefficient (Wildman–Crippen LogP) is 4.87. The van der Waals surface area contributed by atoms with Crippen molar-refractivity contribution >= 4 is 34.7 Å². The summed E-state index contributed by atoms with van der Waals surface area (Å²) >= 11 is 0. The van der Waals surface area contributed by atoms with E-state index in [1.165, 1.54) is 17.0 Å². The van der Waals surface area contributed by atoms with Gasteiger partial charge in [0.15, 0.2) is 11.6 Å². The Bertz CT molecular complexity index is 1420. The molecule has 0 aliphatic carbocycles. The Morgan fingerprint density at radius 3 is 2.57 bits per heavy atom. The first-order valence-corrected chi connectivity index (χ1v) is 11.2. The minimum absolute atomic E-state index is 0.141. The van der Waals surface area contributed by atoms with Crippen LogP contribution in [-0.4, -0.2) is 40.4 Å². The first-order chi connectivity index (χ1) is 16.9. The van der Waals surface area contributed by atoms with Gasteiger partial charge in [0, 0.05) is 11.5 Å². The maximum atomic E-state index is 12.8. The molecule has 2 aromatic carbocycles. The number of methoxy groups -OCH3 is 1. The van der Waals surface area contributed by atoms with Crippen LogP contribution < -0.4 is 10.1 Å². The highest BCUT2D eigenvalue weighted by Gasteiger charge is 2.22. The minimum atomic E-state index is -0.582. The Hall–Kier alpha value is -4.46. The quantitative estimate of drug-likeness (QED) is 0.306. The van der Waals surface area contributed by atoms with Crippen molar-refractivity contribution in [3.05, 3.63) is 83.1 Å². The van der Waals surface area contributed by atoms with E-state index in [4.69, 9.17) is 14.5 Å². The third-order valence-electron chi connectivity index (χ3n) is 5.50. The van der Waals surface area contributed by atoms with E-state index in [-0.39, 0.29) is 18.0 Å². The van der Waals surface area contributed by atoms with Crippen molar-refractivity contribution in [2.45, 2.75) is 20.8 Å². The molecule has 178 valence electrons. The fourth-order valence-corrected chi connectivity index (χ4v) is 3.70. The molecule has 2 heterocycles. The van der Waals surface area contributed by atoms with Gasteiger partial charge in [-0.2, -0.15) is 9.78 Å². The van der Waals surface area contributed by atoms with Crippen molar-refractivity contribution < 1.29 is 19.1 Å². The van der Waals surface area contributed by atoms with Crippen LogP contribution in [0.5, 0.6) is 5.75 Å². The number of amides is 1. The highest BCUT2D eigenvalue weighted by atomic mass is 16.5. The lowest BCUT2D eigenvalue weighted by Crippen LogP contribution is -2.16. The first kappa shape index (κ1) is 23.7. The molecule has 0 radical (unpaired) electrons. The van der Waals surface area contributed by atoms with E-state index in [0.717, 1.165) is 33.3 Å². The molecule has 8 nitrogen and oxygen atoms in total. The molecule has 1 N–H and O–H groups in total. The topological polar surface area (TPSA) is 95.3 Å². The summed E-state index contributed by atoms with van der Waals surface area (Å²) in [6, 6.07) is 15.1. The molecule has 2 aromatic heterocycles. The molecule has 0 saturated heterocycles. The molecule has 35 heavy (non-hydrogen) atoms. The normalized spacial score (nSPS) is 11.1. The highest BCUT2D eigenvalue weighted by Crippen LogP contribution is 2.26. The van der Waals surface area contributed by atoms with Crippen molar-refractivity contribution in [3.8, 4) is 11.6 Å².